The Hall–Kier alpha value is -1.17. The van der Waals surface area contributed by atoms with E-state index < -0.39 is 0 Å². The normalized spacial score (nSPS) is 19.6. The van der Waals surface area contributed by atoms with E-state index >= 15 is 0 Å². The lowest BCUT2D eigenvalue weighted by molar-refractivity contribution is 0.235. The lowest BCUT2D eigenvalue weighted by Crippen LogP contribution is -2.44. The van der Waals surface area contributed by atoms with E-state index in [2.05, 4.69) is 20.2 Å². The third kappa shape index (κ3) is 4.16. The second-order valence-corrected chi connectivity index (χ2v) is 6.02. The molecule has 1 aliphatic heterocycles. The fraction of sp³-hybridized carbons (Fsp3) is 0.692. The van der Waals surface area contributed by atoms with Crippen LogP contribution in [0.2, 0.25) is 0 Å². The molecule has 2 N–H and O–H groups in total. The molecule has 0 radical (unpaired) electrons. The molecule has 5 nitrogen and oxygen atoms in total. The van der Waals surface area contributed by atoms with Crippen molar-refractivity contribution in [1.29, 1.82) is 0 Å². The average Bonchev–Trinajstić information content (AvgIpc) is 2.83. The number of fused-ring (bicyclic) bond motifs is 1. The largest absolute Gasteiger partial charge is 0.338 e. The van der Waals surface area contributed by atoms with Crippen molar-refractivity contribution in [3.8, 4) is 0 Å². The van der Waals surface area contributed by atoms with Gasteiger partial charge in [-0.05, 0) is 25.5 Å². The summed E-state index contributed by atoms with van der Waals surface area (Å²) >= 11 is 1.74. The molecule has 0 aromatic carbocycles. The van der Waals surface area contributed by atoms with Crippen molar-refractivity contribution < 1.29 is 4.79 Å². The monoisotopic (exact) mass is 282 g/mol. The summed E-state index contributed by atoms with van der Waals surface area (Å²) in [6.45, 7) is 3.75. The highest BCUT2D eigenvalue weighted by atomic mass is 32.2. The van der Waals surface area contributed by atoms with Gasteiger partial charge in [-0.2, -0.15) is 11.8 Å². The van der Waals surface area contributed by atoms with E-state index in [1.165, 1.54) is 0 Å². The van der Waals surface area contributed by atoms with Crippen LogP contribution in [0.3, 0.4) is 0 Å². The highest BCUT2D eigenvalue weighted by molar-refractivity contribution is 7.98. The first kappa shape index (κ1) is 14.2. The minimum atomic E-state index is -0.0598. The lowest BCUT2D eigenvalue weighted by Gasteiger charge is -2.24. The smallest absolute Gasteiger partial charge is 0.315 e. The van der Waals surface area contributed by atoms with E-state index in [0.29, 0.717) is 5.92 Å². The van der Waals surface area contributed by atoms with Crippen LogP contribution in [0.5, 0.6) is 0 Å². The highest BCUT2D eigenvalue weighted by Gasteiger charge is 2.19. The van der Waals surface area contributed by atoms with Gasteiger partial charge in [0.25, 0.3) is 0 Å². The molecule has 1 aliphatic rings. The van der Waals surface area contributed by atoms with Crippen molar-refractivity contribution in [2.45, 2.75) is 32.4 Å². The first-order chi connectivity index (χ1) is 9.19. The number of thioether (sulfide) groups is 1. The van der Waals surface area contributed by atoms with Crippen LogP contribution < -0.4 is 10.6 Å². The van der Waals surface area contributed by atoms with E-state index in [9.17, 15) is 4.79 Å². The SMILES string of the molecule is CSC[C@H](C)NC(=O)NC[C@H]1CCn2ccnc2C1. The Morgan fingerprint density at radius 3 is 3.32 bits per heavy atom. The number of aryl methyl sites for hydroxylation is 1. The Bertz CT molecular complexity index is 421. The van der Waals surface area contributed by atoms with Crippen LogP contribution in [0.25, 0.3) is 0 Å². The molecule has 106 valence electrons. The number of amides is 2. The molecule has 19 heavy (non-hydrogen) atoms. The molecule has 2 amide bonds. The molecule has 6 heteroatoms. The molecular weight excluding hydrogens is 260 g/mol. The van der Waals surface area contributed by atoms with Crippen LogP contribution >= 0.6 is 11.8 Å². The van der Waals surface area contributed by atoms with Crippen molar-refractivity contribution in [1.82, 2.24) is 20.2 Å². The van der Waals surface area contributed by atoms with Gasteiger partial charge < -0.3 is 15.2 Å². The van der Waals surface area contributed by atoms with Crippen LogP contribution in [0.15, 0.2) is 12.4 Å². The number of carbonyl (C=O) groups is 1. The number of hydrogen-bond donors (Lipinski definition) is 2. The molecule has 2 heterocycles. The number of rotatable bonds is 5. The van der Waals surface area contributed by atoms with Crippen molar-refractivity contribution in [2.24, 2.45) is 5.92 Å². The Morgan fingerprint density at radius 2 is 2.53 bits per heavy atom. The number of carbonyl (C=O) groups excluding carboxylic acids is 1. The standard InChI is InChI=1S/C13H22N4OS/c1-10(9-19-2)16-13(18)15-8-11-3-5-17-6-4-14-12(17)7-11/h4,6,10-11H,3,5,7-9H2,1-2H3,(H2,15,16,18)/t10-,11-/m0/s1. The van der Waals surface area contributed by atoms with Gasteiger partial charge in [-0.25, -0.2) is 9.78 Å². The predicted octanol–water partition coefficient (Wildman–Crippen LogP) is 1.50. The second kappa shape index (κ2) is 6.84. The summed E-state index contributed by atoms with van der Waals surface area (Å²) in [6, 6.07) is 0.149. The molecule has 0 bridgehead atoms. The second-order valence-electron chi connectivity index (χ2n) is 5.11. The van der Waals surface area contributed by atoms with Crippen molar-refractivity contribution in [2.75, 3.05) is 18.6 Å². The Morgan fingerprint density at radius 1 is 1.68 bits per heavy atom. The molecular formula is C13H22N4OS. The fourth-order valence-electron chi connectivity index (χ4n) is 2.39. The Kier molecular flexibility index (Phi) is 5.13. The quantitative estimate of drug-likeness (QED) is 0.860. The van der Waals surface area contributed by atoms with Crippen LogP contribution in [0.1, 0.15) is 19.2 Å². The number of nitrogens with zero attached hydrogens (tertiary/aromatic N) is 2. The summed E-state index contributed by atoms with van der Waals surface area (Å²) in [5.74, 6) is 2.57. The van der Waals surface area contributed by atoms with Crippen LogP contribution in [0.4, 0.5) is 4.79 Å². The van der Waals surface area contributed by atoms with Crippen molar-refractivity contribution in [3.63, 3.8) is 0 Å². The first-order valence-electron chi connectivity index (χ1n) is 6.72. The van der Waals surface area contributed by atoms with Crippen LogP contribution in [-0.2, 0) is 13.0 Å². The third-order valence-electron chi connectivity index (χ3n) is 3.40. The zero-order valence-corrected chi connectivity index (χ0v) is 12.4. The summed E-state index contributed by atoms with van der Waals surface area (Å²) in [4.78, 5) is 16.1. The third-order valence-corrected chi connectivity index (χ3v) is 4.23. The molecule has 2 atom stereocenters. The molecule has 0 fully saturated rings. The van der Waals surface area contributed by atoms with Gasteiger partial charge in [0, 0.05) is 43.7 Å². The Labute approximate surface area is 118 Å². The molecule has 0 unspecified atom stereocenters. The molecule has 1 aromatic heterocycles. The van der Waals surface area contributed by atoms with E-state index in [1.54, 1.807) is 11.8 Å². The molecule has 0 spiro atoms. The van der Waals surface area contributed by atoms with Crippen LogP contribution in [-0.4, -0.2) is 40.2 Å². The molecule has 2 rings (SSSR count). The first-order valence-corrected chi connectivity index (χ1v) is 8.11. The van der Waals surface area contributed by atoms with Crippen molar-refractivity contribution in [3.05, 3.63) is 18.2 Å². The number of imidazole rings is 1. The van der Waals surface area contributed by atoms with Gasteiger partial charge in [0.2, 0.25) is 0 Å². The minimum Gasteiger partial charge on any atom is -0.338 e. The summed E-state index contributed by atoms with van der Waals surface area (Å²) in [5.41, 5.74) is 0. The van der Waals surface area contributed by atoms with E-state index in [0.717, 1.165) is 37.5 Å². The highest BCUT2D eigenvalue weighted by Crippen LogP contribution is 2.18. The van der Waals surface area contributed by atoms with E-state index in [1.807, 2.05) is 25.6 Å². The lowest BCUT2D eigenvalue weighted by atomic mass is 9.98. The average molecular weight is 282 g/mol. The van der Waals surface area contributed by atoms with Gasteiger partial charge in [-0.3, -0.25) is 0 Å². The Balaban J connectivity index is 1.70. The molecule has 0 aliphatic carbocycles. The predicted molar refractivity (Wildman–Crippen MR) is 78.4 cm³/mol. The van der Waals surface area contributed by atoms with Gasteiger partial charge in [0.15, 0.2) is 0 Å². The minimum absolute atomic E-state index is 0.0598. The maximum atomic E-state index is 11.7. The number of aromatic nitrogens is 2. The van der Waals surface area contributed by atoms with Crippen molar-refractivity contribution >= 4 is 17.8 Å². The summed E-state index contributed by atoms with van der Waals surface area (Å²) in [6.07, 6.45) is 7.97. The zero-order valence-electron chi connectivity index (χ0n) is 11.6. The summed E-state index contributed by atoms with van der Waals surface area (Å²) in [5, 5.41) is 5.91. The maximum Gasteiger partial charge on any atom is 0.315 e. The maximum absolute atomic E-state index is 11.7. The molecule has 0 saturated carbocycles. The topological polar surface area (TPSA) is 59.0 Å². The number of urea groups is 1. The summed E-state index contributed by atoms with van der Waals surface area (Å²) in [7, 11) is 0. The zero-order chi connectivity index (χ0) is 13.7. The van der Waals surface area contributed by atoms with Gasteiger partial charge >= 0.3 is 6.03 Å². The van der Waals surface area contributed by atoms with Gasteiger partial charge in [-0.1, -0.05) is 0 Å². The fourth-order valence-corrected chi connectivity index (χ4v) is 2.98. The molecule has 0 saturated heterocycles. The van der Waals surface area contributed by atoms with E-state index in [4.69, 9.17) is 0 Å². The van der Waals surface area contributed by atoms with Gasteiger partial charge in [0.05, 0.1) is 0 Å². The number of nitrogens with one attached hydrogen (secondary N) is 2. The van der Waals surface area contributed by atoms with E-state index in [-0.39, 0.29) is 12.1 Å². The number of hydrogen-bond acceptors (Lipinski definition) is 3. The van der Waals surface area contributed by atoms with Gasteiger partial charge in [0.1, 0.15) is 5.82 Å². The van der Waals surface area contributed by atoms with Crippen LogP contribution in [0, 0.1) is 5.92 Å². The molecule has 1 aromatic rings. The summed E-state index contributed by atoms with van der Waals surface area (Å²) < 4.78 is 2.19. The van der Waals surface area contributed by atoms with Gasteiger partial charge in [-0.15, -0.1) is 0 Å².